The van der Waals surface area contributed by atoms with Crippen LogP contribution in [0.3, 0.4) is 0 Å². The van der Waals surface area contributed by atoms with E-state index in [-0.39, 0.29) is 10.8 Å². The number of nitrogen functional groups attached to an aromatic ring is 1. The standard InChI is InChI=1S/C13H12BrN3O3S/c14-11-6-8(4-5-12(11)15)13(18)17-9-2-1-3-10(7-9)21(16,19)20/h1-7H,15H2,(H,17,18)(H2,16,19,20). The Hall–Kier alpha value is -1.90. The number of carbonyl (C=O) groups excluding carboxylic acids is 1. The predicted molar refractivity (Wildman–Crippen MR) is 84.3 cm³/mol. The van der Waals surface area contributed by atoms with Crippen LogP contribution in [-0.2, 0) is 10.0 Å². The lowest BCUT2D eigenvalue weighted by Crippen LogP contribution is -2.15. The fourth-order valence-corrected chi connectivity index (χ4v) is 2.56. The largest absolute Gasteiger partial charge is 0.398 e. The monoisotopic (exact) mass is 369 g/mol. The van der Waals surface area contributed by atoms with Crippen molar-refractivity contribution in [3.8, 4) is 0 Å². The van der Waals surface area contributed by atoms with E-state index >= 15 is 0 Å². The molecular weight excluding hydrogens is 358 g/mol. The number of carbonyl (C=O) groups is 1. The molecule has 6 nitrogen and oxygen atoms in total. The SMILES string of the molecule is Nc1ccc(C(=O)Nc2cccc(S(N)(=O)=O)c2)cc1Br. The summed E-state index contributed by atoms with van der Waals surface area (Å²) in [6.07, 6.45) is 0. The van der Waals surface area contributed by atoms with Crippen LogP contribution in [-0.4, -0.2) is 14.3 Å². The van der Waals surface area contributed by atoms with Crippen LogP contribution in [0, 0.1) is 0 Å². The molecule has 0 aromatic heterocycles. The van der Waals surface area contributed by atoms with Crippen LogP contribution in [0.2, 0.25) is 0 Å². The third-order valence-corrected chi connectivity index (χ3v) is 4.28. The van der Waals surface area contributed by atoms with Crippen LogP contribution in [0.25, 0.3) is 0 Å². The number of sulfonamides is 1. The average molecular weight is 370 g/mol. The minimum atomic E-state index is -3.81. The van der Waals surface area contributed by atoms with Crippen molar-refractivity contribution in [2.75, 3.05) is 11.1 Å². The van der Waals surface area contributed by atoms with Gasteiger partial charge >= 0.3 is 0 Å². The number of primary sulfonamides is 1. The Morgan fingerprint density at radius 2 is 1.86 bits per heavy atom. The summed E-state index contributed by atoms with van der Waals surface area (Å²) in [6, 6.07) is 10.4. The van der Waals surface area contributed by atoms with Gasteiger partial charge < -0.3 is 11.1 Å². The number of anilines is 2. The molecule has 0 unspecified atom stereocenters. The minimum Gasteiger partial charge on any atom is -0.398 e. The molecule has 0 saturated heterocycles. The van der Waals surface area contributed by atoms with E-state index in [9.17, 15) is 13.2 Å². The molecule has 0 aliphatic rings. The molecule has 0 bridgehead atoms. The second-order valence-corrected chi connectivity index (χ2v) is 6.68. The van der Waals surface area contributed by atoms with Crippen molar-refractivity contribution < 1.29 is 13.2 Å². The first-order chi connectivity index (χ1) is 9.77. The van der Waals surface area contributed by atoms with Crippen LogP contribution >= 0.6 is 15.9 Å². The van der Waals surface area contributed by atoms with Gasteiger partial charge in [0.2, 0.25) is 10.0 Å². The second-order valence-electron chi connectivity index (χ2n) is 4.26. The van der Waals surface area contributed by atoms with E-state index in [1.807, 2.05) is 0 Å². The molecule has 0 fully saturated rings. The molecule has 0 aliphatic heterocycles. The van der Waals surface area contributed by atoms with Gasteiger partial charge in [-0.1, -0.05) is 6.07 Å². The highest BCUT2D eigenvalue weighted by Crippen LogP contribution is 2.21. The van der Waals surface area contributed by atoms with E-state index < -0.39 is 10.0 Å². The van der Waals surface area contributed by atoms with Gasteiger partial charge in [-0.15, -0.1) is 0 Å². The molecule has 2 aromatic rings. The maximum absolute atomic E-state index is 12.1. The van der Waals surface area contributed by atoms with Crippen molar-refractivity contribution in [2.24, 2.45) is 5.14 Å². The molecule has 0 spiro atoms. The first-order valence-electron chi connectivity index (χ1n) is 5.76. The van der Waals surface area contributed by atoms with Gasteiger partial charge in [0, 0.05) is 21.4 Å². The van der Waals surface area contributed by atoms with Gasteiger partial charge in [0.05, 0.1) is 4.90 Å². The number of benzene rings is 2. The van der Waals surface area contributed by atoms with Crippen LogP contribution < -0.4 is 16.2 Å². The smallest absolute Gasteiger partial charge is 0.255 e. The zero-order valence-electron chi connectivity index (χ0n) is 10.7. The number of hydrogen-bond acceptors (Lipinski definition) is 4. The molecular formula is C13H12BrN3O3S. The molecule has 1 amide bonds. The second kappa shape index (κ2) is 5.84. The van der Waals surface area contributed by atoms with Crippen LogP contribution in [0.4, 0.5) is 11.4 Å². The van der Waals surface area contributed by atoms with Crippen LogP contribution in [0.15, 0.2) is 51.8 Å². The maximum atomic E-state index is 12.1. The molecule has 0 saturated carbocycles. The molecule has 0 atom stereocenters. The van der Waals surface area contributed by atoms with E-state index in [2.05, 4.69) is 21.2 Å². The zero-order valence-corrected chi connectivity index (χ0v) is 13.1. The Kier molecular flexibility index (Phi) is 4.31. The van der Waals surface area contributed by atoms with Crippen LogP contribution in [0.5, 0.6) is 0 Å². The lowest BCUT2D eigenvalue weighted by atomic mass is 10.2. The molecule has 5 N–H and O–H groups in total. The third-order valence-electron chi connectivity index (χ3n) is 2.68. The molecule has 0 radical (unpaired) electrons. The van der Waals surface area contributed by atoms with Gasteiger partial charge in [0.1, 0.15) is 0 Å². The summed E-state index contributed by atoms with van der Waals surface area (Å²) in [7, 11) is -3.81. The van der Waals surface area contributed by atoms with Crippen molar-refractivity contribution >= 4 is 43.2 Å². The summed E-state index contributed by atoms with van der Waals surface area (Å²) in [5.74, 6) is -0.387. The number of amides is 1. The first-order valence-corrected chi connectivity index (χ1v) is 8.10. The Morgan fingerprint density at radius 3 is 2.48 bits per heavy atom. The van der Waals surface area contributed by atoms with Gasteiger partial charge in [0.15, 0.2) is 0 Å². The lowest BCUT2D eigenvalue weighted by molar-refractivity contribution is 0.102. The molecule has 2 aromatic carbocycles. The first kappa shape index (κ1) is 15.5. The molecule has 0 heterocycles. The maximum Gasteiger partial charge on any atom is 0.255 e. The highest BCUT2D eigenvalue weighted by molar-refractivity contribution is 9.10. The van der Waals surface area contributed by atoms with Crippen molar-refractivity contribution in [2.45, 2.75) is 4.90 Å². The highest BCUT2D eigenvalue weighted by atomic mass is 79.9. The van der Waals surface area contributed by atoms with E-state index in [1.54, 1.807) is 24.3 Å². The Bertz CT molecular complexity index is 806. The molecule has 2 rings (SSSR count). The summed E-state index contributed by atoms with van der Waals surface area (Å²) in [6.45, 7) is 0. The van der Waals surface area contributed by atoms with Crippen LogP contribution in [0.1, 0.15) is 10.4 Å². The fraction of sp³-hybridized carbons (Fsp3) is 0. The van der Waals surface area contributed by atoms with Gasteiger partial charge in [-0.05, 0) is 52.3 Å². The van der Waals surface area contributed by atoms with E-state index in [0.29, 0.717) is 21.4 Å². The number of halogens is 1. The van der Waals surface area contributed by atoms with Gasteiger partial charge in [-0.25, -0.2) is 13.6 Å². The Labute approximate surface area is 130 Å². The summed E-state index contributed by atoms with van der Waals surface area (Å²) in [5.41, 5.74) is 6.89. The van der Waals surface area contributed by atoms with Gasteiger partial charge in [-0.2, -0.15) is 0 Å². The highest BCUT2D eigenvalue weighted by Gasteiger charge is 2.11. The summed E-state index contributed by atoms with van der Waals surface area (Å²) >= 11 is 3.24. The molecule has 0 aliphatic carbocycles. The Morgan fingerprint density at radius 1 is 1.14 bits per heavy atom. The topological polar surface area (TPSA) is 115 Å². The summed E-state index contributed by atoms with van der Waals surface area (Å²) in [5, 5.41) is 7.64. The van der Waals surface area contributed by atoms with Crippen molar-refractivity contribution in [3.05, 3.63) is 52.5 Å². The van der Waals surface area contributed by atoms with E-state index in [4.69, 9.17) is 10.9 Å². The summed E-state index contributed by atoms with van der Waals surface area (Å²) < 4.78 is 23.1. The Balaban J connectivity index is 2.25. The fourth-order valence-electron chi connectivity index (χ4n) is 1.62. The third kappa shape index (κ3) is 3.81. The van der Waals surface area contributed by atoms with E-state index in [0.717, 1.165) is 0 Å². The quantitative estimate of drug-likeness (QED) is 0.716. The van der Waals surface area contributed by atoms with Crippen molar-refractivity contribution in [3.63, 3.8) is 0 Å². The number of nitrogens with two attached hydrogens (primary N) is 2. The zero-order chi connectivity index (χ0) is 15.6. The minimum absolute atomic E-state index is 0.0706. The molecule has 110 valence electrons. The van der Waals surface area contributed by atoms with Crippen molar-refractivity contribution in [1.29, 1.82) is 0 Å². The van der Waals surface area contributed by atoms with E-state index in [1.165, 1.54) is 18.2 Å². The lowest BCUT2D eigenvalue weighted by Gasteiger charge is -2.08. The predicted octanol–water partition coefficient (Wildman–Crippen LogP) is 1.93. The van der Waals surface area contributed by atoms with Crippen molar-refractivity contribution in [1.82, 2.24) is 0 Å². The normalized spacial score (nSPS) is 11.1. The van der Waals surface area contributed by atoms with Gasteiger partial charge in [0.25, 0.3) is 5.91 Å². The molecule has 21 heavy (non-hydrogen) atoms. The number of rotatable bonds is 3. The number of nitrogens with one attached hydrogen (secondary N) is 1. The van der Waals surface area contributed by atoms with Gasteiger partial charge in [-0.3, -0.25) is 4.79 Å². The average Bonchev–Trinajstić information content (AvgIpc) is 2.41. The molecule has 8 heteroatoms. The summed E-state index contributed by atoms with van der Waals surface area (Å²) in [4.78, 5) is 12.0. The number of hydrogen-bond donors (Lipinski definition) is 3.